The van der Waals surface area contributed by atoms with Crippen molar-refractivity contribution < 1.29 is 14.3 Å². The molecule has 7 heteroatoms. The first-order valence-corrected chi connectivity index (χ1v) is 9.09. The highest BCUT2D eigenvalue weighted by atomic mass is 35.5. The molecule has 1 N–H and O–H groups in total. The second-order valence-corrected chi connectivity index (χ2v) is 6.88. The Morgan fingerprint density at radius 1 is 1.23 bits per heavy atom. The molecule has 0 atom stereocenters. The summed E-state index contributed by atoms with van der Waals surface area (Å²) in [5.74, 6) is 0.608. The Kier molecular flexibility index (Phi) is 6.28. The van der Waals surface area contributed by atoms with Gasteiger partial charge in [0.1, 0.15) is 11.9 Å². The van der Waals surface area contributed by atoms with E-state index in [2.05, 4.69) is 15.3 Å². The summed E-state index contributed by atoms with van der Waals surface area (Å²) < 4.78 is 11.3. The second-order valence-electron chi connectivity index (χ2n) is 6.45. The molecule has 6 nitrogen and oxygen atoms in total. The average Bonchev–Trinajstić information content (AvgIpc) is 2.64. The van der Waals surface area contributed by atoms with Crippen LogP contribution < -0.4 is 14.8 Å². The third-order valence-corrected chi connectivity index (χ3v) is 4.46. The molecule has 2 aromatic rings. The van der Waals surface area contributed by atoms with Crippen molar-refractivity contribution >= 4 is 17.5 Å². The maximum absolute atomic E-state index is 12.1. The summed E-state index contributed by atoms with van der Waals surface area (Å²) in [5.41, 5.74) is 1.10. The van der Waals surface area contributed by atoms with Crippen LogP contribution in [0.5, 0.6) is 11.8 Å². The van der Waals surface area contributed by atoms with Gasteiger partial charge in [0, 0.05) is 6.04 Å². The maximum Gasteiger partial charge on any atom is 0.316 e. The molecule has 1 saturated carbocycles. The summed E-state index contributed by atoms with van der Waals surface area (Å²) in [6.07, 6.45) is 6.50. The summed E-state index contributed by atoms with van der Waals surface area (Å²) in [4.78, 5) is 20.2. The number of benzene rings is 1. The number of carbonyl (C=O) groups excluding carboxylic acids is 1. The van der Waals surface area contributed by atoms with Crippen LogP contribution in [0, 0.1) is 6.92 Å². The third kappa shape index (κ3) is 5.59. The van der Waals surface area contributed by atoms with Crippen LogP contribution in [0.1, 0.15) is 31.2 Å². The lowest BCUT2D eigenvalue weighted by Crippen LogP contribution is -2.41. The monoisotopic (exact) mass is 375 g/mol. The van der Waals surface area contributed by atoms with Crippen molar-refractivity contribution in [2.75, 3.05) is 6.61 Å². The summed E-state index contributed by atoms with van der Waals surface area (Å²) in [5, 5.41) is 3.51. The van der Waals surface area contributed by atoms with Crippen molar-refractivity contribution in [2.24, 2.45) is 0 Å². The lowest BCUT2D eigenvalue weighted by Gasteiger charge is -2.28. The number of nitrogens with one attached hydrogen (secondary N) is 1. The van der Waals surface area contributed by atoms with Gasteiger partial charge in [0.05, 0.1) is 17.4 Å². The van der Waals surface area contributed by atoms with E-state index in [0.717, 1.165) is 31.2 Å². The molecule has 1 aromatic carbocycles. The van der Waals surface area contributed by atoms with E-state index in [1.165, 1.54) is 12.4 Å². The lowest BCUT2D eigenvalue weighted by atomic mass is 9.93. The average molecular weight is 376 g/mol. The fourth-order valence-electron chi connectivity index (χ4n) is 2.96. The van der Waals surface area contributed by atoms with Gasteiger partial charge in [-0.25, -0.2) is 9.97 Å². The predicted molar refractivity (Wildman–Crippen MR) is 98.5 cm³/mol. The number of rotatable bonds is 6. The van der Waals surface area contributed by atoms with E-state index in [1.54, 1.807) is 0 Å². The Morgan fingerprint density at radius 2 is 1.96 bits per heavy atom. The Morgan fingerprint density at radius 3 is 2.65 bits per heavy atom. The molecule has 138 valence electrons. The van der Waals surface area contributed by atoms with Crippen LogP contribution in [0.3, 0.4) is 0 Å². The van der Waals surface area contributed by atoms with Crippen molar-refractivity contribution in [3.05, 3.63) is 47.2 Å². The van der Waals surface area contributed by atoms with Crippen molar-refractivity contribution in [3.63, 3.8) is 0 Å². The predicted octanol–water partition coefficient (Wildman–Crippen LogP) is 3.32. The molecular weight excluding hydrogens is 354 g/mol. The molecule has 0 saturated heterocycles. The fourth-order valence-corrected chi connectivity index (χ4v) is 3.06. The molecule has 1 amide bonds. The highest BCUT2D eigenvalue weighted by molar-refractivity contribution is 6.30. The standard InChI is InChI=1S/C19H22ClN3O3/c1-13-3-2-4-17(9-13)25-12-18(24)23-15-5-7-16(8-6-15)26-19-21-10-14(20)11-22-19/h2-4,9-11,15-16H,5-8,12H2,1H3,(H,23,24). The fraction of sp³-hybridized carbons (Fsp3) is 0.421. The lowest BCUT2D eigenvalue weighted by molar-refractivity contribution is -0.124. The highest BCUT2D eigenvalue weighted by Gasteiger charge is 2.24. The summed E-state index contributed by atoms with van der Waals surface area (Å²) >= 11 is 5.76. The first kappa shape index (κ1) is 18.5. The number of aromatic nitrogens is 2. The molecule has 0 aliphatic heterocycles. The normalized spacial score (nSPS) is 19.6. The van der Waals surface area contributed by atoms with Crippen LogP contribution in [0.4, 0.5) is 0 Å². The van der Waals surface area contributed by atoms with E-state index in [0.29, 0.717) is 16.8 Å². The van der Waals surface area contributed by atoms with Gasteiger partial charge in [-0.05, 0) is 50.3 Å². The number of nitrogens with zero attached hydrogens (tertiary/aromatic N) is 2. The zero-order valence-electron chi connectivity index (χ0n) is 14.7. The number of halogens is 1. The van der Waals surface area contributed by atoms with Crippen LogP contribution in [-0.4, -0.2) is 34.6 Å². The molecule has 1 aliphatic rings. The molecular formula is C19H22ClN3O3. The first-order valence-electron chi connectivity index (χ1n) is 8.71. The van der Waals surface area contributed by atoms with Gasteiger partial charge >= 0.3 is 6.01 Å². The Bertz CT molecular complexity index is 731. The smallest absolute Gasteiger partial charge is 0.316 e. The van der Waals surface area contributed by atoms with Crippen LogP contribution in [0.15, 0.2) is 36.7 Å². The highest BCUT2D eigenvalue weighted by Crippen LogP contribution is 2.22. The van der Waals surface area contributed by atoms with Gasteiger partial charge in [0.25, 0.3) is 5.91 Å². The molecule has 0 unspecified atom stereocenters. The third-order valence-electron chi connectivity index (χ3n) is 4.27. The van der Waals surface area contributed by atoms with Crippen molar-refractivity contribution in [1.29, 1.82) is 0 Å². The second kappa shape index (κ2) is 8.85. The van der Waals surface area contributed by atoms with Crippen molar-refractivity contribution in [2.45, 2.75) is 44.8 Å². The van der Waals surface area contributed by atoms with Gasteiger partial charge < -0.3 is 14.8 Å². The van der Waals surface area contributed by atoms with Crippen LogP contribution in [-0.2, 0) is 4.79 Å². The van der Waals surface area contributed by atoms with E-state index < -0.39 is 0 Å². The first-order chi connectivity index (χ1) is 12.6. The van der Waals surface area contributed by atoms with Gasteiger partial charge in [0.15, 0.2) is 6.61 Å². The number of aryl methyl sites for hydroxylation is 1. The number of hydrogen-bond acceptors (Lipinski definition) is 5. The topological polar surface area (TPSA) is 73.3 Å². The molecule has 0 bridgehead atoms. The van der Waals surface area contributed by atoms with Crippen molar-refractivity contribution in [1.82, 2.24) is 15.3 Å². The number of carbonyl (C=O) groups is 1. The Balaban J connectivity index is 1.38. The van der Waals surface area contributed by atoms with E-state index in [4.69, 9.17) is 21.1 Å². The maximum atomic E-state index is 12.1. The molecule has 3 rings (SSSR count). The largest absolute Gasteiger partial charge is 0.484 e. The quantitative estimate of drug-likeness (QED) is 0.838. The minimum absolute atomic E-state index is 0.0263. The zero-order valence-corrected chi connectivity index (χ0v) is 15.4. The number of hydrogen-bond donors (Lipinski definition) is 1. The molecule has 1 aliphatic carbocycles. The summed E-state index contributed by atoms with van der Waals surface area (Å²) in [6.45, 7) is 2.01. The van der Waals surface area contributed by atoms with E-state index in [1.807, 2.05) is 31.2 Å². The summed E-state index contributed by atoms with van der Waals surface area (Å²) in [7, 11) is 0. The zero-order chi connectivity index (χ0) is 18.4. The van der Waals surface area contributed by atoms with E-state index >= 15 is 0 Å². The Hall–Kier alpha value is -2.34. The van der Waals surface area contributed by atoms with Gasteiger partial charge in [-0.1, -0.05) is 23.7 Å². The van der Waals surface area contributed by atoms with Gasteiger partial charge in [0.2, 0.25) is 0 Å². The molecule has 1 heterocycles. The molecule has 1 fully saturated rings. The van der Waals surface area contributed by atoms with E-state index in [-0.39, 0.29) is 24.7 Å². The van der Waals surface area contributed by atoms with Gasteiger partial charge in [-0.3, -0.25) is 4.79 Å². The molecule has 26 heavy (non-hydrogen) atoms. The van der Waals surface area contributed by atoms with Crippen molar-refractivity contribution in [3.8, 4) is 11.8 Å². The van der Waals surface area contributed by atoms with Gasteiger partial charge in [-0.2, -0.15) is 0 Å². The minimum atomic E-state index is -0.100. The molecule has 0 spiro atoms. The number of ether oxygens (including phenoxy) is 2. The number of amides is 1. The van der Waals surface area contributed by atoms with E-state index in [9.17, 15) is 4.79 Å². The van der Waals surface area contributed by atoms with Gasteiger partial charge in [-0.15, -0.1) is 0 Å². The van der Waals surface area contributed by atoms with Crippen LogP contribution >= 0.6 is 11.6 Å². The Labute approximate surface area is 157 Å². The van der Waals surface area contributed by atoms with Crippen LogP contribution in [0.25, 0.3) is 0 Å². The summed E-state index contributed by atoms with van der Waals surface area (Å²) in [6, 6.07) is 8.15. The molecule has 0 radical (unpaired) electrons. The minimum Gasteiger partial charge on any atom is -0.484 e. The SMILES string of the molecule is Cc1cccc(OCC(=O)NC2CCC(Oc3ncc(Cl)cn3)CC2)c1. The molecule has 1 aromatic heterocycles. The van der Waals surface area contributed by atoms with Crippen LogP contribution in [0.2, 0.25) is 5.02 Å².